The van der Waals surface area contributed by atoms with Gasteiger partial charge in [-0.05, 0) is 63.7 Å². The second-order valence-corrected chi connectivity index (χ2v) is 8.72. The molecule has 7 nitrogen and oxygen atoms in total. The number of benzene rings is 1. The third-order valence-corrected chi connectivity index (χ3v) is 6.18. The maximum absolute atomic E-state index is 13.3. The van der Waals surface area contributed by atoms with E-state index in [1.165, 1.54) is 5.56 Å². The van der Waals surface area contributed by atoms with Crippen LogP contribution in [0.4, 0.5) is 0 Å². The van der Waals surface area contributed by atoms with Crippen molar-refractivity contribution in [3.05, 3.63) is 76.7 Å². The number of carbonyl (C=O) groups excluding carboxylic acids is 2. The molecule has 1 saturated heterocycles. The monoisotopic (exact) mass is 446 g/mol. The molecule has 0 saturated carbocycles. The van der Waals surface area contributed by atoms with Gasteiger partial charge in [-0.25, -0.2) is 4.98 Å². The summed E-state index contributed by atoms with van der Waals surface area (Å²) in [6.45, 7) is 5.08. The second-order valence-electron chi connectivity index (χ2n) is 8.72. The fourth-order valence-electron chi connectivity index (χ4n) is 4.48. The Morgan fingerprint density at radius 3 is 2.52 bits per heavy atom. The second kappa shape index (κ2) is 9.19. The average molecular weight is 447 g/mol. The summed E-state index contributed by atoms with van der Waals surface area (Å²) in [5, 5.41) is 11.5. The van der Waals surface area contributed by atoms with Gasteiger partial charge in [0.05, 0.1) is 17.3 Å². The third-order valence-electron chi connectivity index (χ3n) is 6.18. The van der Waals surface area contributed by atoms with Crippen LogP contribution in [0, 0.1) is 6.92 Å². The standard InChI is InChI=1S/C26H30N4O3/c1-5-18-10-12-19(13-11-18)23-21(25(32)26(33)30(23)16-8-14-28(3)4)24(31)22-17(2)27-20-9-6-7-15-29(20)22/h6-7,9-13,15,23,31H,5,8,14,16H2,1-4H3/b24-21+. The van der Waals surface area contributed by atoms with Gasteiger partial charge in [0, 0.05) is 12.7 Å². The number of hydrogen-bond donors (Lipinski definition) is 1. The van der Waals surface area contributed by atoms with Crippen LogP contribution in [0.25, 0.3) is 11.4 Å². The van der Waals surface area contributed by atoms with Gasteiger partial charge in [-0.2, -0.15) is 0 Å². The molecule has 172 valence electrons. The lowest BCUT2D eigenvalue weighted by atomic mass is 9.95. The van der Waals surface area contributed by atoms with Gasteiger partial charge in [0.1, 0.15) is 11.3 Å². The highest BCUT2D eigenvalue weighted by Crippen LogP contribution is 2.40. The number of aliphatic hydroxyl groups is 1. The molecule has 1 aliphatic rings. The molecule has 2 aromatic heterocycles. The predicted molar refractivity (Wildman–Crippen MR) is 128 cm³/mol. The summed E-state index contributed by atoms with van der Waals surface area (Å²) < 4.78 is 1.75. The van der Waals surface area contributed by atoms with Crippen molar-refractivity contribution in [1.29, 1.82) is 0 Å². The molecule has 0 aliphatic carbocycles. The summed E-state index contributed by atoms with van der Waals surface area (Å²) in [5.41, 5.74) is 3.79. The van der Waals surface area contributed by atoms with Crippen molar-refractivity contribution in [3.63, 3.8) is 0 Å². The minimum Gasteiger partial charge on any atom is -0.505 e. The van der Waals surface area contributed by atoms with Crippen LogP contribution >= 0.6 is 0 Å². The number of imidazole rings is 1. The number of aryl methyl sites for hydroxylation is 2. The van der Waals surface area contributed by atoms with Crippen LogP contribution in [0.15, 0.2) is 54.2 Å². The molecule has 1 fully saturated rings. The first kappa shape index (κ1) is 22.7. The maximum Gasteiger partial charge on any atom is 0.295 e. The van der Waals surface area contributed by atoms with Crippen LogP contribution in [-0.2, 0) is 16.0 Å². The van der Waals surface area contributed by atoms with Crippen molar-refractivity contribution in [3.8, 4) is 0 Å². The molecule has 1 aromatic carbocycles. The van der Waals surface area contributed by atoms with Crippen molar-refractivity contribution in [2.24, 2.45) is 0 Å². The molecule has 3 aromatic rings. The van der Waals surface area contributed by atoms with Crippen LogP contribution in [-0.4, -0.2) is 63.2 Å². The number of likely N-dealkylation sites (tertiary alicyclic amines) is 1. The zero-order valence-electron chi connectivity index (χ0n) is 19.6. The van der Waals surface area contributed by atoms with Crippen LogP contribution in [0.2, 0.25) is 0 Å². The van der Waals surface area contributed by atoms with Gasteiger partial charge in [-0.15, -0.1) is 0 Å². The molecule has 33 heavy (non-hydrogen) atoms. The number of amides is 1. The largest absolute Gasteiger partial charge is 0.505 e. The highest BCUT2D eigenvalue weighted by molar-refractivity contribution is 6.46. The van der Waals surface area contributed by atoms with Crippen LogP contribution in [0.1, 0.15) is 41.9 Å². The van der Waals surface area contributed by atoms with E-state index in [0.29, 0.717) is 23.6 Å². The van der Waals surface area contributed by atoms with Crippen LogP contribution < -0.4 is 0 Å². The Balaban J connectivity index is 1.87. The molecule has 0 bridgehead atoms. The quantitative estimate of drug-likeness (QED) is 0.341. The summed E-state index contributed by atoms with van der Waals surface area (Å²) in [4.78, 5) is 34.5. The van der Waals surface area contributed by atoms with Gasteiger partial charge in [-0.1, -0.05) is 37.3 Å². The Morgan fingerprint density at radius 1 is 1.12 bits per heavy atom. The summed E-state index contributed by atoms with van der Waals surface area (Å²) in [6.07, 6.45) is 3.41. The molecular weight excluding hydrogens is 416 g/mol. The first-order valence-electron chi connectivity index (χ1n) is 11.3. The van der Waals surface area contributed by atoms with E-state index in [2.05, 4.69) is 11.9 Å². The summed E-state index contributed by atoms with van der Waals surface area (Å²) in [6, 6.07) is 12.8. The summed E-state index contributed by atoms with van der Waals surface area (Å²) in [7, 11) is 3.95. The molecule has 3 heterocycles. The Morgan fingerprint density at radius 2 is 1.85 bits per heavy atom. The van der Waals surface area contributed by atoms with E-state index < -0.39 is 17.7 Å². The molecule has 0 radical (unpaired) electrons. The molecule has 1 amide bonds. The number of fused-ring (bicyclic) bond motifs is 1. The number of carbonyl (C=O) groups is 2. The number of aromatic nitrogens is 2. The van der Waals surface area contributed by atoms with Crippen LogP contribution in [0.5, 0.6) is 0 Å². The van der Waals surface area contributed by atoms with Gasteiger partial charge in [0.2, 0.25) is 0 Å². The number of Topliss-reactive ketones (excluding diaryl/α,β-unsaturated/α-hetero) is 1. The maximum atomic E-state index is 13.3. The molecule has 1 N–H and O–H groups in total. The third kappa shape index (κ3) is 4.16. The van der Waals surface area contributed by atoms with E-state index in [1.54, 1.807) is 22.4 Å². The minimum absolute atomic E-state index is 0.114. The Kier molecular flexibility index (Phi) is 6.33. The Labute approximate surface area is 194 Å². The number of pyridine rings is 1. The van der Waals surface area contributed by atoms with Gasteiger partial charge >= 0.3 is 0 Å². The molecule has 1 unspecified atom stereocenters. The molecule has 4 rings (SSSR count). The van der Waals surface area contributed by atoms with Crippen LogP contribution in [0.3, 0.4) is 0 Å². The lowest BCUT2D eigenvalue weighted by Crippen LogP contribution is -2.32. The number of nitrogens with zero attached hydrogens (tertiary/aromatic N) is 4. The van der Waals surface area contributed by atoms with E-state index in [9.17, 15) is 14.7 Å². The molecular formula is C26H30N4O3. The topological polar surface area (TPSA) is 78.1 Å². The SMILES string of the molecule is CCc1ccc(C2/C(=C(\O)c3c(C)nc4ccccn34)C(=O)C(=O)N2CCCN(C)C)cc1. The van der Waals surface area contributed by atoms with Crippen molar-refractivity contribution in [2.45, 2.75) is 32.7 Å². The number of aliphatic hydroxyl groups excluding tert-OH is 1. The highest BCUT2D eigenvalue weighted by Gasteiger charge is 2.46. The van der Waals surface area contributed by atoms with E-state index in [0.717, 1.165) is 24.9 Å². The van der Waals surface area contributed by atoms with Gasteiger partial charge in [0.25, 0.3) is 11.7 Å². The van der Waals surface area contributed by atoms with Gasteiger partial charge in [0.15, 0.2) is 5.76 Å². The summed E-state index contributed by atoms with van der Waals surface area (Å²) in [5.74, 6) is -1.43. The smallest absolute Gasteiger partial charge is 0.295 e. The number of ketones is 1. The molecule has 1 aliphatic heterocycles. The summed E-state index contributed by atoms with van der Waals surface area (Å²) >= 11 is 0. The Hall–Kier alpha value is -3.45. The van der Waals surface area contributed by atoms with E-state index >= 15 is 0 Å². The van der Waals surface area contributed by atoms with Gasteiger partial charge < -0.3 is 14.9 Å². The fraction of sp³-hybridized carbons (Fsp3) is 0.346. The lowest BCUT2D eigenvalue weighted by Gasteiger charge is -2.26. The van der Waals surface area contributed by atoms with E-state index in [4.69, 9.17) is 0 Å². The Bertz CT molecular complexity index is 1220. The molecule has 7 heteroatoms. The van der Waals surface area contributed by atoms with E-state index in [-0.39, 0.29) is 11.3 Å². The van der Waals surface area contributed by atoms with Crippen molar-refractivity contribution in [1.82, 2.24) is 19.2 Å². The minimum atomic E-state index is -0.660. The predicted octanol–water partition coefficient (Wildman–Crippen LogP) is 3.58. The fourth-order valence-corrected chi connectivity index (χ4v) is 4.48. The molecule has 0 spiro atoms. The van der Waals surface area contributed by atoms with Crippen molar-refractivity contribution < 1.29 is 14.7 Å². The zero-order valence-corrected chi connectivity index (χ0v) is 19.6. The first-order chi connectivity index (χ1) is 15.8. The van der Waals surface area contributed by atoms with E-state index in [1.807, 2.05) is 61.5 Å². The van der Waals surface area contributed by atoms with Crippen molar-refractivity contribution in [2.75, 3.05) is 27.2 Å². The normalized spacial score (nSPS) is 18.1. The highest BCUT2D eigenvalue weighted by atomic mass is 16.3. The van der Waals surface area contributed by atoms with Crippen molar-refractivity contribution >= 4 is 23.1 Å². The number of rotatable bonds is 7. The molecule has 1 atom stereocenters. The number of hydrogen-bond acceptors (Lipinski definition) is 5. The first-order valence-corrected chi connectivity index (χ1v) is 11.3. The average Bonchev–Trinajstić information content (AvgIpc) is 3.27. The lowest BCUT2D eigenvalue weighted by molar-refractivity contribution is -0.139. The van der Waals surface area contributed by atoms with Gasteiger partial charge in [-0.3, -0.25) is 14.0 Å². The zero-order chi connectivity index (χ0) is 23.7.